The summed E-state index contributed by atoms with van der Waals surface area (Å²) in [5.74, 6) is 1.32. The fraction of sp³-hybridized carbons (Fsp3) is 0.609. The van der Waals surface area contributed by atoms with Crippen molar-refractivity contribution in [2.75, 3.05) is 4.90 Å². The molecule has 1 aliphatic heterocycles. The van der Waals surface area contributed by atoms with Crippen molar-refractivity contribution in [2.45, 2.75) is 82.2 Å². The summed E-state index contributed by atoms with van der Waals surface area (Å²) in [4.78, 5) is 20.4. The van der Waals surface area contributed by atoms with Crippen molar-refractivity contribution in [1.29, 1.82) is 0 Å². The maximum atomic E-state index is 13.7. The van der Waals surface area contributed by atoms with E-state index >= 15 is 0 Å². The van der Waals surface area contributed by atoms with E-state index in [0.29, 0.717) is 11.7 Å². The summed E-state index contributed by atoms with van der Waals surface area (Å²) in [6.45, 7) is 2.14. The van der Waals surface area contributed by atoms with Gasteiger partial charge in [0.25, 0.3) is 0 Å². The lowest BCUT2D eigenvalue weighted by Crippen LogP contribution is -2.43. The quantitative estimate of drug-likeness (QED) is 0.776. The lowest BCUT2D eigenvalue weighted by Gasteiger charge is -2.33. The van der Waals surface area contributed by atoms with Gasteiger partial charge in [0.2, 0.25) is 11.8 Å². The minimum Gasteiger partial charge on any atom is -0.339 e. The molecular formula is C23H31ClN4O2. The minimum absolute atomic E-state index is 0. The zero-order chi connectivity index (χ0) is 20.0. The second-order valence-corrected chi connectivity index (χ2v) is 9.21. The molecule has 162 valence electrons. The minimum atomic E-state index is -0.460. The van der Waals surface area contributed by atoms with Gasteiger partial charge >= 0.3 is 0 Å². The number of amides is 1. The van der Waals surface area contributed by atoms with E-state index in [1.54, 1.807) is 0 Å². The van der Waals surface area contributed by atoms with Crippen LogP contribution in [0.15, 0.2) is 28.8 Å². The fourth-order valence-corrected chi connectivity index (χ4v) is 5.62. The highest BCUT2D eigenvalue weighted by atomic mass is 35.5. The van der Waals surface area contributed by atoms with Crippen LogP contribution in [0.25, 0.3) is 0 Å². The number of carbonyl (C=O) groups excluding carboxylic acids is 1. The van der Waals surface area contributed by atoms with Gasteiger partial charge in [-0.3, -0.25) is 4.79 Å². The van der Waals surface area contributed by atoms with Crippen molar-refractivity contribution in [2.24, 2.45) is 11.7 Å². The highest BCUT2D eigenvalue weighted by molar-refractivity contribution is 5.98. The molecule has 6 nitrogen and oxygen atoms in total. The number of aromatic nitrogens is 2. The fourth-order valence-electron chi connectivity index (χ4n) is 5.62. The lowest BCUT2D eigenvalue weighted by atomic mass is 9.78. The van der Waals surface area contributed by atoms with E-state index in [4.69, 9.17) is 15.2 Å². The standard InChI is InChI=1S/C23H30N4O2.ClH/c1-15-14-16-8-2-5-11-19(16)27(15)21(28)18-10-4-3-9-17(18)20-25-22(26-29-20)23(24)12-6-7-13-23;/h2,5,8,11,15,17-18H,3-4,6-7,9-10,12-14,24H2,1H3;1H. The zero-order valence-corrected chi connectivity index (χ0v) is 18.4. The Labute approximate surface area is 184 Å². The molecule has 3 atom stereocenters. The van der Waals surface area contributed by atoms with Crippen LogP contribution >= 0.6 is 12.4 Å². The van der Waals surface area contributed by atoms with Crippen molar-refractivity contribution in [3.05, 3.63) is 41.5 Å². The number of carbonyl (C=O) groups is 1. The second-order valence-electron chi connectivity index (χ2n) is 9.21. The van der Waals surface area contributed by atoms with Crippen molar-refractivity contribution in [1.82, 2.24) is 10.1 Å². The molecule has 3 unspecified atom stereocenters. The summed E-state index contributed by atoms with van der Waals surface area (Å²) >= 11 is 0. The average molecular weight is 431 g/mol. The molecule has 5 rings (SSSR count). The van der Waals surface area contributed by atoms with Crippen LogP contribution in [0.3, 0.4) is 0 Å². The largest absolute Gasteiger partial charge is 0.339 e. The van der Waals surface area contributed by atoms with E-state index in [2.05, 4.69) is 30.3 Å². The van der Waals surface area contributed by atoms with E-state index in [1.165, 1.54) is 5.56 Å². The number of fused-ring (bicyclic) bond motifs is 1. The van der Waals surface area contributed by atoms with Crippen LogP contribution in [-0.2, 0) is 16.8 Å². The molecular weight excluding hydrogens is 400 g/mol. The first-order valence-electron chi connectivity index (χ1n) is 11.1. The average Bonchev–Trinajstić information content (AvgIpc) is 3.46. The Hall–Kier alpha value is -1.92. The molecule has 2 fully saturated rings. The molecule has 2 aromatic rings. The van der Waals surface area contributed by atoms with E-state index in [-0.39, 0.29) is 36.2 Å². The maximum Gasteiger partial charge on any atom is 0.231 e. The molecule has 2 aliphatic carbocycles. The van der Waals surface area contributed by atoms with Crippen LogP contribution in [-0.4, -0.2) is 22.1 Å². The summed E-state index contributed by atoms with van der Waals surface area (Å²) < 4.78 is 5.71. The van der Waals surface area contributed by atoms with Crippen molar-refractivity contribution in [3.8, 4) is 0 Å². The Bertz CT molecular complexity index is 908. The van der Waals surface area contributed by atoms with Crippen LogP contribution in [0, 0.1) is 5.92 Å². The number of nitrogens with zero attached hydrogens (tertiary/aromatic N) is 3. The molecule has 2 N–H and O–H groups in total. The summed E-state index contributed by atoms with van der Waals surface area (Å²) in [7, 11) is 0. The molecule has 2 heterocycles. The Kier molecular flexibility index (Phi) is 5.90. The third-order valence-corrected chi connectivity index (χ3v) is 7.23. The second kappa shape index (κ2) is 8.31. The predicted molar refractivity (Wildman–Crippen MR) is 118 cm³/mol. The van der Waals surface area contributed by atoms with Crippen molar-refractivity contribution < 1.29 is 9.32 Å². The van der Waals surface area contributed by atoms with Gasteiger partial charge in [-0.1, -0.05) is 49.0 Å². The SMILES string of the molecule is CC1Cc2ccccc2N1C(=O)C1CCCCC1c1nc(C2(N)CCCC2)no1.Cl. The molecule has 1 aromatic heterocycles. The predicted octanol–water partition coefficient (Wildman–Crippen LogP) is 4.47. The Balaban J connectivity index is 0.00000218. The van der Waals surface area contributed by atoms with Crippen LogP contribution in [0.4, 0.5) is 5.69 Å². The summed E-state index contributed by atoms with van der Waals surface area (Å²) in [5, 5.41) is 4.25. The number of rotatable bonds is 3. The number of halogens is 1. The van der Waals surface area contributed by atoms with Gasteiger partial charge in [-0.05, 0) is 50.7 Å². The van der Waals surface area contributed by atoms with Gasteiger partial charge < -0.3 is 15.2 Å². The van der Waals surface area contributed by atoms with E-state index in [1.807, 2.05) is 11.0 Å². The molecule has 7 heteroatoms. The molecule has 2 saturated carbocycles. The molecule has 0 spiro atoms. The van der Waals surface area contributed by atoms with Crippen LogP contribution in [0.2, 0.25) is 0 Å². The third-order valence-electron chi connectivity index (χ3n) is 7.23. The number of benzene rings is 1. The molecule has 3 aliphatic rings. The number of hydrogen-bond donors (Lipinski definition) is 1. The monoisotopic (exact) mass is 430 g/mol. The van der Waals surface area contributed by atoms with Gasteiger partial charge in [-0.2, -0.15) is 4.98 Å². The first-order chi connectivity index (χ1) is 14.1. The van der Waals surface area contributed by atoms with Gasteiger partial charge in [-0.15, -0.1) is 12.4 Å². The third kappa shape index (κ3) is 3.54. The summed E-state index contributed by atoms with van der Waals surface area (Å²) in [6.07, 6.45) is 8.89. The van der Waals surface area contributed by atoms with Gasteiger partial charge in [0.05, 0.1) is 17.4 Å². The number of para-hydroxylation sites is 1. The zero-order valence-electron chi connectivity index (χ0n) is 17.5. The normalized spacial score (nSPS) is 27.5. The van der Waals surface area contributed by atoms with Crippen LogP contribution in [0.1, 0.15) is 81.5 Å². The molecule has 1 aromatic carbocycles. The van der Waals surface area contributed by atoms with Gasteiger partial charge in [0.1, 0.15) is 0 Å². The smallest absolute Gasteiger partial charge is 0.231 e. The highest BCUT2D eigenvalue weighted by Crippen LogP contribution is 2.42. The van der Waals surface area contributed by atoms with Gasteiger partial charge in [-0.25, -0.2) is 0 Å². The molecule has 1 amide bonds. The molecule has 0 bridgehead atoms. The number of hydrogen-bond acceptors (Lipinski definition) is 5. The first kappa shape index (κ1) is 21.3. The topological polar surface area (TPSA) is 85.2 Å². The summed E-state index contributed by atoms with van der Waals surface area (Å²) in [5.41, 5.74) is 8.39. The van der Waals surface area contributed by atoms with Crippen molar-refractivity contribution >= 4 is 24.0 Å². The Morgan fingerprint density at radius 2 is 1.90 bits per heavy atom. The summed E-state index contributed by atoms with van der Waals surface area (Å²) in [6, 6.07) is 8.45. The van der Waals surface area contributed by atoms with E-state index < -0.39 is 5.54 Å². The van der Waals surface area contributed by atoms with E-state index in [0.717, 1.165) is 63.5 Å². The Morgan fingerprint density at radius 3 is 2.70 bits per heavy atom. The first-order valence-corrected chi connectivity index (χ1v) is 11.1. The van der Waals surface area contributed by atoms with Crippen molar-refractivity contribution in [3.63, 3.8) is 0 Å². The molecule has 0 saturated heterocycles. The van der Waals surface area contributed by atoms with Crippen LogP contribution < -0.4 is 10.6 Å². The molecule has 0 radical (unpaired) electrons. The number of nitrogens with two attached hydrogens (primary N) is 1. The van der Waals surface area contributed by atoms with Gasteiger partial charge in [0, 0.05) is 11.7 Å². The van der Waals surface area contributed by atoms with E-state index in [9.17, 15) is 4.79 Å². The van der Waals surface area contributed by atoms with Crippen LogP contribution in [0.5, 0.6) is 0 Å². The Morgan fingerprint density at radius 1 is 1.17 bits per heavy atom. The van der Waals surface area contributed by atoms with Gasteiger partial charge in [0.15, 0.2) is 5.82 Å². The lowest BCUT2D eigenvalue weighted by molar-refractivity contribution is -0.124. The maximum absolute atomic E-state index is 13.7. The molecule has 30 heavy (non-hydrogen) atoms. The number of anilines is 1. The highest BCUT2D eigenvalue weighted by Gasteiger charge is 2.43.